The zero-order valence-electron chi connectivity index (χ0n) is 22.7. The second kappa shape index (κ2) is 9.69. The number of nitrogens with zero attached hydrogens (tertiary/aromatic N) is 4. The number of imide groups is 1. The van der Waals surface area contributed by atoms with Crippen molar-refractivity contribution < 1.29 is 24.0 Å². The molecule has 0 unspecified atom stereocenters. The molecule has 0 saturated carbocycles. The van der Waals surface area contributed by atoms with Crippen molar-refractivity contribution in [2.24, 2.45) is 16.9 Å². The van der Waals surface area contributed by atoms with Crippen LogP contribution in [0.5, 0.6) is 5.75 Å². The normalized spacial score (nSPS) is 23.1. The first-order valence-electron chi connectivity index (χ1n) is 13.5. The molecular weight excluding hydrogens is 550 g/mol. The average Bonchev–Trinajstić information content (AvgIpc) is 3.31. The molecule has 2 heterocycles. The maximum atomic E-state index is 14.5. The van der Waals surface area contributed by atoms with Gasteiger partial charge < -0.3 is 4.74 Å². The largest absolute Gasteiger partial charge is 0.494 e. The van der Waals surface area contributed by atoms with Gasteiger partial charge in [0.25, 0.3) is 11.6 Å². The summed E-state index contributed by atoms with van der Waals surface area (Å²) in [5, 5.41) is 15.8. The molecule has 3 amide bonds. The monoisotopic (exact) mass is 573 g/mol. The maximum absolute atomic E-state index is 14.5. The van der Waals surface area contributed by atoms with Gasteiger partial charge in [0.15, 0.2) is 0 Å². The van der Waals surface area contributed by atoms with Crippen molar-refractivity contribution in [1.29, 1.82) is 0 Å². The van der Waals surface area contributed by atoms with Crippen LogP contribution in [0.1, 0.15) is 38.5 Å². The van der Waals surface area contributed by atoms with Crippen LogP contribution < -0.4 is 15.1 Å². The van der Waals surface area contributed by atoms with Crippen molar-refractivity contribution in [3.8, 4) is 5.75 Å². The Labute approximate surface area is 245 Å². The van der Waals surface area contributed by atoms with Gasteiger partial charge in [-0.2, -0.15) is 5.10 Å². The Morgan fingerprint density at radius 2 is 1.72 bits per heavy atom. The van der Waals surface area contributed by atoms with E-state index >= 15 is 0 Å². The number of hydrogen-bond donors (Lipinski definition) is 1. The molecule has 3 aromatic carbocycles. The Morgan fingerprint density at radius 1 is 1.02 bits per heavy atom. The van der Waals surface area contributed by atoms with Gasteiger partial charge in [-0.15, -0.1) is 0 Å². The number of nitro groups is 1. The molecule has 43 heavy (non-hydrogen) atoms. The van der Waals surface area contributed by atoms with Gasteiger partial charge in [-0.3, -0.25) is 29.5 Å². The number of nitro benzene ring substituents is 1. The van der Waals surface area contributed by atoms with E-state index in [1.807, 2.05) is 48.5 Å². The SMILES string of the molecule is COc1cc([N+](=O)[O-])ccc1N1C(=O)[C@@H]2C3c4ccccc4C(/C=N\NC(=O)c4cccnc4)(c4ccccc43)[C@@H]2C1=O. The third-order valence-corrected chi connectivity index (χ3v) is 8.66. The second-order valence-electron chi connectivity index (χ2n) is 10.6. The quantitative estimate of drug-likeness (QED) is 0.159. The molecule has 11 nitrogen and oxygen atoms in total. The first-order valence-corrected chi connectivity index (χ1v) is 13.5. The van der Waals surface area contributed by atoms with Gasteiger partial charge in [-0.1, -0.05) is 48.5 Å². The number of hydrogen-bond acceptors (Lipinski definition) is 8. The van der Waals surface area contributed by atoms with Crippen molar-refractivity contribution in [2.45, 2.75) is 11.3 Å². The zero-order chi connectivity index (χ0) is 29.9. The molecular formula is C32H23N5O6. The van der Waals surface area contributed by atoms with Crippen LogP contribution in [0.2, 0.25) is 0 Å². The highest BCUT2D eigenvalue weighted by atomic mass is 16.6. The van der Waals surface area contributed by atoms with Gasteiger partial charge >= 0.3 is 0 Å². The van der Waals surface area contributed by atoms with Crippen LogP contribution in [0.3, 0.4) is 0 Å². The number of rotatable bonds is 6. The highest BCUT2D eigenvalue weighted by Gasteiger charge is 2.68. The minimum Gasteiger partial charge on any atom is -0.494 e. The molecule has 0 spiro atoms. The molecule has 11 heteroatoms. The number of carbonyl (C=O) groups excluding carboxylic acids is 3. The minimum atomic E-state index is -1.20. The predicted molar refractivity (Wildman–Crippen MR) is 155 cm³/mol. The van der Waals surface area contributed by atoms with Crippen molar-refractivity contribution in [3.05, 3.63) is 129 Å². The highest BCUT2D eigenvalue weighted by Crippen LogP contribution is 2.64. The average molecular weight is 574 g/mol. The molecule has 4 aromatic rings. The smallest absolute Gasteiger partial charge is 0.273 e. The topological polar surface area (TPSA) is 144 Å². The van der Waals surface area contributed by atoms with Gasteiger partial charge in [0.1, 0.15) is 5.75 Å². The van der Waals surface area contributed by atoms with Crippen LogP contribution in [0.25, 0.3) is 0 Å². The molecule has 1 saturated heterocycles. The summed E-state index contributed by atoms with van der Waals surface area (Å²) in [5.74, 6) is -3.48. The first-order chi connectivity index (χ1) is 20.9. The number of pyridine rings is 1. The summed E-state index contributed by atoms with van der Waals surface area (Å²) in [6, 6.07) is 22.3. The lowest BCUT2D eigenvalue weighted by Crippen LogP contribution is -2.54. The molecule has 3 aliphatic carbocycles. The summed E-state index contributed by atoms with van der Waals surface area (Å²) >= 11 is 0. The Balaban J connectivity index is 1.41. The van der Waals surface area contributed by atoms with E-state index in [0.717, 1.165) is 27.2 Å². The number of benzene rings is 3. The van der Waals surface area contributed by atoms with Crippen LogP contribution in [0, 0.1) is 22.0 Å². The van der Waals surface area contributed by atoms with Gasteiger partial charge in [-0.25, -0.2) is 10.3 Å². The molecule has 1 fully saturated rings. The molecule has 2 atom stereocenters. The molecule has 1 N–H and O–H groups in total. The first kappa shape index (κ1) is 26.2. The lowest BCUT2D eigenvalue weighted by molar-refractivity contribution is -0.384. The van der Waals surface area contributed by atoms with E-state index in [1.54, 1.807) is 24.5 Å². The molecule has 1 aromatic heterocycles. The molecule has 2 bridgehead atoms. The fourth-order valence-corrected chi connectivity index (χ4v) is 7.01. The highest BCUT2D eigenvalue weighted by molar-refractivity contribution is 6.25. The number of carbonyl (C=O) groups is 3. The lowest BCUT2D eigenvalue weighted by Gasteiger charge is -2.52. The summed E-state index contributed by atoms with van der Waals surface area (Å²) in [4.78, 5) is 57.6. The molecule has 0 radical (unpaired) electrons. The van der Waals surface area contributed by atoms with Crippen LogP contribution in [-0.4, -0.2) is 41.0 Å². The summed E-state index contributed by atoms with van der Waals surface area (Å²) in [6.07, 6.45) is 4.54. The van der Waals surface area contributed by atoms with Crippen LogP contribution in [-0.2, 0) is 15.0 Å². The number of anilines is 1. The number of ether oxygens (including phenoxy) is 1. The van der Waals surface area contributed by atoms with Gasteiger partial charge in [0, 0.05) is 30.6 Å². The number of amides is 3. The van der Waals surface area contributed by atoms with Gasteiger partial charge in [-0.05, 0) is 40.5 Å². The van der Waals surface area contributed by atoms with E-state index in [1.165, 1.54) is 31.5 Å². The predicted octanol–water partition coefficient (Wildman–Crippen LogP) is 3.97. The fraction of sp³-hybridized carbons (Fsp3) is 0.156. The zero-order valence-corrected chi connectivity index (χ0v) is 22.7. The minimum absolute atomic E-state index is 0.0309. The fourth-order valence-electron chi connectivity index (χ4n) is 7.01. The van der Waals surface area contributed by atoms with E-state index in [0.29, 0.717) is 5.56 Å². The number of non-ortho nitro benzene ring substituents is 1. The van der Waals surface area contributed by atoms with Crippen molar-refractivity contribution >= 4 is 35.3 Å². The van der Waals surface area contributed by atoms with E-state index in [-0.39, 0.29) is 17.1 Å². The van der Waals surface area contributed by atoms with Crippen molar-refractivity contribution in [3.63, 3.8) is 0 Å². The van der Waals surface area contributed by atoms with Crippen molar-refractivity contribution in [2.75, 3.05) is 12.0 Å². The number of nitrogens with one attached hydrogen (secondary N) is 1. The van der Waals surface area contributed by atoms with E-state index in [9.17, 15) is 24.5 Å². The summed E-state index contributed by atoms with van der Waals surface area (Å²) in [5.41, 5.74) is 4.99. The molecule has 4 aliphatic rings. The van der Waals surface area contributed by atoms with E-state index in [2.05, 4.69) is 15.5 Å². The van der Waals surface area contributed by atoms with Crippen LogP contribution in [0.15, 0.2) is 96.4 Å². The number of hydrazone groups is 1. The second-order valence-corrected chi connectivity index (χ2v) is 10.6. The number of aromatic nitrogens is 1. The lowest BCUT2D eigenvalue weighted by atomic mass is 9.47. The van der Waals surface area contributed by atoms with Crippen LogP contribution in [0.4, 0.5) is 11.4 Å². The Morgan fingerprint density at radius 3 is 2.35 bits per heavy atom. The van der Waals surface area contributed by atoms with Crippen LogP contribution >= 0.6 is 0 Å². The summed E-state index contributed by atoms with van der Waals surface area (Å²) in [6.45, 7) is 0. The Bertz CT molecular complexity index is 1830. The van der Waals surface area contributed by atoms with Gasteiger partial charge in [0.2, 0.25) is 11.8 Å². The number of methoxy groups -OCH3 is 1. The molecule has 212 valence electrons. The standard InChI is InChI=1S/C32H23N5O6/c1-43-25-15-19(37(41)42)12-13-24(25)36-30(39)27-26-20-8-2-4-10-22(20)32(28(27)31(36)40,23-11-5-3-9-21(23)26)17-34-35-29(38)18-7-6-14-33-16-18/h2-17,26-28H,1H3,(H,35,38)/b34-17-/t26?,27-,28+,32?/m1/s1. The summed E-state index contributed by atoms with van der Waals surface area (Å²) in [7, 11) is 1.33. The Hall–Kier alpha value is -5.71. The third kappa shape index (κ3) is 3.64. The molecule has 1 aliphatic heterocycles. The van der Waals surface area contributed by atoms with Gasteiger partial charge in [0.05, 0.1) is 46.6 Å². The van der Waals surface area contributed by atoms with E-state index in [4.69, 9.17) is 4.74 Å². The van der Waals surface area contributed by atoms with E-state index < -0.39 is 45.8 Å². The summed E-state index contributed by atoms with van der Waals surface area (Å²) < 4.78 is 5.42. The third-order valence-electron chi connectivity index (χ3n) is 8.66. The maximum Gasteiger partial charge on any atom is 0.273 e. The molecule has 8 rings (SSSR count). The van der Waals surface area contributed by atoms with Crippen molar-refractivity contribution in [1.82, 2.24) is 10.4 Å². The Kier molecular flexibility index (Phi) is 5.91.